The molecular formula is C25H36B2O4. The van der Waals surface area contributed by atoms with Gasteiger partial charge in [0.05, 0.1) is 0 Å². The average Bonchev–Trinajstić information content (AvgIpc) is 3.04. The summed E-state index contributed by atoms with van der Waals surface area (Å²) in [4.78, 5) is 0. The standard InChI is InChI=1S/C25H36B2O4/c1-3-5-7-11-17-25(18-12-8-6-4-2)21-14-10-9-13-19(21)20-15-16-22(26(28)29)24(23(20)25)27(30)31/h9-10,13-16,28-31H,3-8,11-12,17-18H2,1-2H3. The Morgan fingerprint density at radius 1 is 0.677 bits per heavy atom. The van der Waals surface area contributed by atoms with Crippen molar-refractivity contribution in [2.45, 2.75) is 83.5 Å². The van der Waals surface area contributed by atoms with Crippen molar-refractivity contribution in [1.29, 1.82) is 0 Å². The Bertz CT molecular complexity index is 855. The molecule has 1 aliphatic carbocycles. The predicted octanol–water partition coefficient (Wildman–Crippen LogP) is 3.25. The molecule has 1 aliphatic rings. The molecule has 0 radical (unpaired) electrons. The highest BCUT2D eigenvalue weighted by Gasteiger charge is 2.46. The molecule has 31 heavy (non-hydrogen) atoms. The lowest BCUT2D eigenvalue weighted by Gasteiger charge is -2.35. The molecule has 0 heterocycles. The van der Waals surface area contributed by atoms with Crippen molar-refractivity contribution in [2.24, 2.45) is 0 Å². The first kappa shape index (κ1) is 24.1. The van der Waals surface area contributed by atoms with Crippen LogP contribution in [0.5, 0.6) is 0 Å². The molecule has 4 N–H and O–H groups in total. The second-order valence-corrected chi connectivity index (χ2v) is 8.99. The van der Waals surface area contributed by atoms with E-state index in [-0.39, 0.29) is 16.3 Å². The lowest BCUT2D eigenvalue weighted by molar-refractivity contribution is 0.396. The molecule has 2 aromatic rings. The van der Waals surface area contributed by atoms with Crippen LogP contribution in [-0.2, 0) is 5.41 Å². The fourth-order valence-electron chi connectivity index (χ4n) is 5.50. The second-order valence-electron chi connectivity index (χ2n) is 8.99. The molecular weight excluding hydrogens is 386 g/mol. The maximum absolute atomic E-state index is 10.4. The molecule has 0 aliphatic heterocycles. The molecule has 6 heteroatoms. The summed E-state index contributed by atoms with van der Waals surface area (Å²) in [5, 5.41) is 40.8. The van der Waals surface area contributed by atoms with Gasteiger partial charge in [0.15, 0.2) is 0 Å². The Kier molecular flexibility index (Phi) is 8.40. The Labute approximate surface area is 187 Å². The van der Waals surface area contributed by atoms with Crippen LogP contribution in [0.15, 0.2) is 36.4 Å². The molecule has 0 amide bonds. The monoisotopic (exact) mass is 422 g/mol. The van der Waals surface area contributed by atoms with Crippen molar-refractivity contribution in [3.63, 3.8) is 0 Å². The molecule has 0 aromatic heterocycles. The fourth-order valence-corrected chi connectivity index (χ4v) is 5.50. The van der Waals surface area contributed by atoms with Gasteiger partial charge < -0.3 is 20.1 Å². The largest absolute Gasteiger partial charge is 0.488 e. The Morgan fingerprint density at radius 3 is 1.84 bits per heavy atom. The summed E-state index contributed by atoms with van der Waals surface area (Å²) in [6.07, 6.45) is 11.0. The summed E-state index contributed by atoms with van der Waals surface area (Å²) < 4.78 is 0. The van der Waals surface area contributed by atoms with E-state index in [4.69, 9.17) is 0 Å². The maximum Gasteiger partial charge on any atom is 0.488 e. The van der Waals surface area contributed by atoms with Crippen LogP contribution in [0.25, 0.3) is 11.1 Å². The van der Waals surface area contributed by atoms with Crippen LogP contribution < -0.4 is 10.9 Å². The Hall–Kier alpha value is -1.59. The normalized spacial score (nSPS) is 13.7. The van der Waals surface area contributed by atoms with Gasteiger partial charge in [0.1, 0.15) is 0 Å². The highest BCUT2D eigenvalue weighted by Crippen LogP contribution is 2.53. The maximum atomic E-state index is 10.4. The molecule has 0 saturated carbocycles. The number of hydrogen-bond acceptors (Lipinski definition) is 4. The summed E-state index contributed by atoms with van der Waals surface area (Å²) in [6.45, 7) is 4.41. The van der Waals surface area contributed by atoms with Crippen LogP contribution in [0.4, 0.5) is 0 Å². The van der Waals surface area contributed by atoms with E-state index in [2.05, 4.69) is 32.0 Å². The molecule has 0 saturated heterocycles. The van der Waals surface area contributed by atoms with Crippen LogP contribution in [-0.4, -0.2) is 34.3 Å². The zero-order valence-corrected chi connectivity index (χ0v) is 19.0. The summed E-state index contributed by atoms with van der Waals surface area (Å²) >= 11 is 0. The molecule has 4 nitrogen and oxygen atoms in total. The van der Waals surface area contributed by atoms with Crippen LogP contribution in [0.3, 0.4) is 0 Å². The van der Waals surface area contributed by atoms with E-state index in [1.54, 1.807) is 6.07 Å². The van der Waals surface area contributed by atoms with E-state index >= 15 is 0 Å². The van der Waals surface area contributed by atoms with Gasteiger partial charge in [-0.3, -0.25) is 0 Å². The van der Waals surface area contributed by atoms with Gasteiger partial charge in [0.25, 0.3) is 0 Å². The summed E-state index contributed by atoms with van der Waals surface area (Å²) in [6, 6.07) is 11.9. The molecule has 0 fully saturated rings. The minimum atomic E-state index is -1.76. The third kappa shape index (κ3) is 4.78. The number of rotatable bonds is 12. The van der Waals surface area contributed by atoms with Gasteiger partial charge in [-0.25, -0.2) is 0 Å². The van der Waals surface area contributed by atoms with Crippen molar-refractivity contribution in [2.75, 3.05) is 0 Å². The molecule has 0 atom stereocenters. The summed E-state index contributed by atoms with van der Waals surface area (Å²) in [7, 11) is -3.50. The van der Waals surface area contributed by atoms with Crippen LogP contribution in [0.1, 0.15) is 89.2 Å². The van der Waals surface area contributed by atoms with Gasteiger partial charge in [-0.1, -0.05) is 102 Å². The number of benzene rings is 2. The van der Waals surface area contributed by atoms with E-state index < -0.39 is 14.2 Å². The van der Waals surface area contributed by atoms with Gasteiger partial charge in [0, 0.05) is 5.41 Å². The molecule has 166 valence electrons. The Morgan fingerprint density at radius 2 is 1.29 bits per heavy atom. The predicted molar refractivity (Wildman–Crippen MR) is 130 cm³/mol. The first-order valence-corrected chi connectivity index (χ1v) is 12.0. The molecule has 0 spiro atoms. The minimum Gasteiger partial charge on any atom is -0.423 e. The second kappa shape index (κ2) is 10.8. The topological polar surface area (TPSA) is 80.9 Å². The number of fused-ring (bicyclic) bond motifs is 3. The highest BCUT2D eigenvalue weighted by atomic mass is 16.4. The van der Waals surface area contributed by atoms with Crippen molar-refractivity contribution >= 4 is 25.2 Å². The van der Waals surface area contributed by atoms with Crippen molar-refractivity contribution < 1.29 is 20.1 Å². The van der Waals surface area contributed by atoms with Crippen LogP contribution >= 0.6 is 0 Å². The van der Waals surface area contributed by atoms with Crippen LogP contribution in [0, 0.1) is 0 Å². The van der Waals surface area contributed by atoms with Crippen molar-refractivity contribution in [3.8, 4) is 11.1 Å². The first-order valence-electron chi connectivity index (χ1n) is 12.0. The van der Waals surface area contributed by atoms with Gasteiger partial charge in [0.2, 0.25) is 0 Å². The number of unbranched alkanes of at least 4 members (excludes halogenated alkanes) is 6. The zero-order valence-electron chi connectivity index (χ0n) is 19.0. The van der Waals surface area contributed by atoms with Crippen molar-refractivity contribution in [3.05, 3.63) is 47.5 Å². The first-order chi connectivity index (χ1) is 15.0. The molecule has 0 bridgehead atoms. The lowest BCUT2D eigenvalue weighted by Crippen LogP contribution is -2.53. The van der Waals surface area contributed by atoms with E-state index in [0.717, 1.165) is 68.1 Å². The minimum absolute atomic E-state index is 0.188. The SMILES string of the molecule is CCCCCCC1(CCCCCC)c2ccccc2-c2ccc(B(O)O)c(B(O)O)c21. The van der Waals surface area contributed by atoms with Gasteiger partial charge in [-0.2, -0.15) is 0 Å². The summed E-state index contributed by atoms with van der Waals surface area (Å²) in [5.74, 6) is 0. The smallest absolute Gasteiger partial charge is 0.423 e. The van der Waals surface area contributed by atoms with E-state index in [1.807, 2.05) is 12.1 Å². The third-order valence-electron chi connectivity index (χ3n) is 6.94. The summed E-state index contributed by atoms with van der Waals surface area (Å²) in [5.41, 5.74) is 4.38. The quantitative estimate of drug-likeness (QED) is 0.313. The average molecular weight is 422 g/mol. The van der Waals surface area contributed by atoms with E-state index in [9.17, 15) is 20.1 Å². The third-order valence-corrected chi connectivity index (χ3v) is 6.94. The van der Waals surface area contributed by atoms with Gasteiger partial charge >= 0.3 is 14.2 Å². The van der Waals surface area contributed by atoms with Crippen molar-refractivity contribution in [1.82, 2.24) is 0 Å². The Balaban J connectivity index is 2.19. The molecule has 0 unspecified atom stereocenters. The van der Waals surface area contributed by atoms with E-state index in [1.165, 1.54) is 18.4 Å². The van der Waals surface area contributed by atoms with Gasteiger partial charge in [-0.05, 0) is 46.0 Å². The zero-order chi connectivity index (χ0) is 22.4. The highest BCUT2D eigenvalue weighted by molar-refractivity contribution is 6.72. The van der Waals surface area contributed by atoms with E-state index in [0.29, 0.717) is 0 Å². The fraction of sp³-hybridized carbons (Fsp3) is 0.520. The molecule has 2 aromatic carbocycles. The lowest BCUT2D eigenvalue weighted by atomic mass is 9.58. The van der Waals surface area contributed by atoms with Gasteiger partial charge in [-0.15, -0.1) is 0 Å². The number of hydrogen-bond donors (Lipinski definition) is 4. The van der Waals surface area contributed by atoms with Crippen LogP contribution in [0.2, 0.25) is 0 Å². The molecule has 3 rings (SSSR count).